The highest BCUT2D eigenvalue weighted by Gasteiger charge is 2.33. The first-order chi connectivity index (χ1) is 11.6. The van der Waals surface area contributed by atoms with Crippen molar-refractivity contribution in [1.82, 2.24) is 4.98 Å². The summed E-state index contributed by atoms with van der Waals surface area (Å²) in [6, 6.07) is 19.5. The van der Waals surface area contributed by atoms with Crippen molar-refractivity contribution in [2.75, 3.05) is 11.2 Å². The van der Waals surface area contributed by atoms with Crippen molar-refractivity contribution in [3.63, 3.8) is 0 Å². The molecule has 1 atom stereocenters. The number of nitrogens with one attached hydrogen (secondary N) is 1. The quantitative estimate of drug-likeness (QED) is 0.687. The van der Waals surface area contributed by atoms with Gasteiger partial charge in [0.05, 0.1) is 16.6 Å². The van der Waals surface area contributed by atoms with Crippen LogP contribution < -0.4 is 5.32 Å². The van der Waals surface area contributed by atoms with E-state index in [1.807, 2.05) is 67.6 Å². The van der Waals surface area contributed by atoms with Crippen LogP contribution in [0.15, 0.2) is 66.9 Å². The molecule has 1 amide bonds. The maximum absolute atomic E-state index is 12.9. The fourth-order valence-corrected chi connectivity index (χ4v) is 2.93. The summed E-state index contributed by atoms with van der Waals surface area (Å²) in [6.45, 7) is 1.89. The van der Waals surface area contributed by atoms with Crippen LogP contribution in [-0.2, 0) is 11.2 Å². The second-order valence-electron chi connectivity index (χ2n) is 6.19. The van der Waals surface area contributed by atoms with Gasteiger partial charge in [0, 0.05) is 17.5 Å². The Morgan fingerprint density at radius 1 is 1.08 bits per heavy atom. The van der Waals surface area contributed by atoms with E-state index in [1.54, 1.807) is 6.20 Å². The van der Waals surface area contributed by atoms with Gasteiger partial charge in [0.1, 0.15) is 0 Å². The lowest BCUT2D eigenvalue weighted by atomic mass is 9.84. The number of benzene rings is 2. The summed E-state index contributed by atoms with van der Waals surface area (Å²) in [5, 5.41) is 4.00. The van der Waals surface area contributed by atoms with Crippen molar-refractivity contribution in [3.05, 3.63) is 72.4 Å². The first-order valence-corrected chi connectivity index (χ1v) is 8.41. The van der Waals surface area contributed by atoms with E-state index in [1.165, 1.54) is 0 Å². The number of aromatic nitrogens is 1. The third-order valence-electron chi connectivity index (χ3n) is 4.16. The van der Waals surface area contributed by atoms with Gasteiger partial charge < -0.3 is 5.32 Å². The number of rotatable bonds is 5. The minimum atomic E-state index is -0.695. The van der Waals surface area contributed by atoms with Crippen molar-refractivity contribution in [2.24, 2.45) is 5.41 Å². The molecular weight excluding hydrogens is 320 g/mol. The van der Waals surface area contributed by atoms with Crippen LogP contribution in [0.3, 0.4) is 0 Å². The lowest BCUT2D eigenvalue weighted by Gasteiger charge is -2.26. The summed E-state index contributed by atoms with van der Waals surface area (Å²) in [5.41, 5.74) is 1.89. The number of anilines is 1. The monoisotopic (exact) mass is 338 g/mol. The van der Waals surface area contributed by atoms with Gasteiger partial charge in [-0.05, 0) is 31.0 Å². The largest absolute Gasteiger partial charge is 0.324 e. The molecule has 1 heterocycles. The summed E-state index contributed by atoms with van der Waals surface area (Å²) in [5.74, 6) is 0.144. The molecule has 0 aliphatic heterocycles. The number of nitrogens with zero attached hydrogens (tertiary/aromatic N) is 1. The standard InChI is InChI=1S/C20H19ClN2O/c1-20(14-21,13-15-7-3-2-4-8-15)19(24)23-17-11-5-9-16-10-6-12-22-18(16)17/h2-12H,13-14H2,1H3,(H,23,24). The molecule has 0 fully saturated rings. The highest BCUT2D eigenvalue weighted by atomic mass is 35.5. The Morgan fingerprint density at radius 3 is 2.58 bits per heavy atom. The first-order valence-electron chi connectivity index (χ1n) is 7.87. The number of carbonyl (C=O) groups is 1. The number of hydrogen-bond acceptors (Lipinski definition) is 2. The predicted octanol–water partition coefficient (Wildman–Crippen LogP) is 4.66. The Kier molecular flexibility index (Phi) is 4.81. The minimum absolute atomic E-state index is 0.0977. The zero-order valence-electron chi connectivity index (χ0n) is 13.5. The average Bonchev–Trinajstić information content (AvgIpc) is 2.62. The molecule has 0 aliphatic carbocycles. The molecule has 0 bridgehead atoms. The Hall–Kier alpha value is -2.39. The van der Waals surface area contributed by atoms with Gasteiger partial charge in [-0.1, -0.05) is 48.5 Å². The number of hydrogen-bond donors (Lipinski definition) is 1. The van der Waals surface area contributed by atoms with Gasteiger partial charge in [-0.2, -0.15) is 0 Å². The van der Waals surface area contributed by atoms with Crippen molar-refractivity contribution in [2.45, 2.75) is 13.3 Å². The molecule has 24 heavy (non-hydrogen) atoms. The third-order valence-corrected chi connectivity index (χ3v) is 4.75. The number of fused-ring (bicyclic) bond motifs is 1. The van der Waals surface area contributed by atoms with Crippen LogP contribution in [0.25, 0.3) is 10.9 Å². The van der Waals surface area contributed by atoms with Crippen LogP contribution in [0.4, 0.5) is 5.69 Å². The van der Waals surface area contributed by atoms with E-state index in [0.29, 0.717) is 12.1 Å². The highest BCUT2D eigenvalue weighted by Crippen LogP contribution is 2.28. The van der Waals surface area contributed by atoms with Gasteiger partial charge >= 0.3 is 0 Å². The molecular formula is C20H19ClN2O. The molecule has 2 aromatic carbocycles. The van der Waals surface area contributed by atoms with Crippen LogP contribution in [0, 0.1) is 5.41 Å². The van der Waals surface area contributed by atoms with Crippen LogP contribution >= 0.6 is 11.6 Å². The molecule has 122 valence electrons. The van der Waals surface area contributed by atoms with E-state index in [-0.39, 0.29) is 11.8 Å². The molecule has 1 N–H and O–H groups in total. The molecule has 0 aliphatic rings. The maximum Gasteiger partial charge on any atom is 0.231 e. The van der Waals surface area contributed by atoms with E-state index in [2.05, 4.69) is 10.3 Å². The van der Waals surface area contributed by atoms with Gasteiger partial charge in [-0.3, -0.25) is 9.78 Å². The fourth-order valence-electron chi connectivity index (χ4n) is 2.71. The van der Waals surface area contributed by atoms with Gasteiger partial charge in [0.15, 0.2) is 0 Å². The minimum Gasteiger partial charge on any atom is -0.324 e. The van der Waals surface area contributed by atoms with Gasteiger partial charge in [-0.15, -0.1) is 11.6 Å². The molecule has 4 heteroatoms. The Morgan fingerprint density at radius 2 is 1.83 bits per heavy atom. The normalized spacial score (nSPS) is 13.4. The second kappa shape index (κ2) is 7.02. The van der Waals surface area contributed by atoms with E-state index in [4.69, 9.17) is 11.6 Å². The maximum atomic E-state index is 12.9. The number of alkyl halides is 1. The smallest absolute Gasteiger partial charge is 0.231 e. The van der Waals surface area contributed by atoms with E-state index >= 15 is 0 Å². The van der Waals surface area contributed by atoms with Crippen molar-refractivity contribution in [3.8, 4) is 0 Å². The summed E-state index contributed by atoms with van der Waals surface area (Å²) >= 11 is 6.16. The zero-order valence-corrected chi connectivity index (χ0v) is 14.3. The Labute approximate surface area is 146 Å². The van der Waals surface area contributed by atoms with Crippen molar-refractivity contribution < 1.29 is 4.79 Å². The van der Waals surface area contributed by atoms with Crippen LogP contribution in [-0.4, -0.2) is 16.8 Å². The predicted molar refractivity (Wildman–Crippen MR) is 99.3 cm³/mol. The molecule has 0 spiro atoms. The van der Waals surface area contributed by atoms with Gasteiger partial charge in [-0.25, -0.2) is 0 Å². The fraction of sp³-hybridized carbons (Fsp3) is 0.200. The number of halogens is 1. The summed E-state index contributed by atoms with van der Waals surface area (Å²) in [7, 11) is 0. The van der Waals surface area contributed by atoms with Crippen molar-refractivity contribution in [1.29, 1.82) is 0 Å². The van der Waals surface area contributed by atoms with Gasteiger partial charge in [0.25, 0.3) is 0 Å². The topological polar surface area (TPSA) is 42.0 Å². The molecule has 1 unspecified atom stereocenters. The van der Waals surface area contributed by atoms with E-state index < -0.39 is 5.41 Å². The number of pyridine rings is 1. The summed E-state index contributed by atoms with van der Waals surface area (Å²) < 4.78 is 0. The molecule has 3 aromatic rings. The number of carbonyl (C=O) groups excluding carboxylic acids is 1. The molecule has 1 aromatic heterocycles. The second-order valence-corrected chi connectivity index (χ2v) is 6.46. The Bertz CT molecular complexity index is 845. The lowest BCUT2D eigenvalue weighted by Crippen LogP contribution is -2.37. The summed E-state index contributed by atoms with van der Waals surface area (Å²) in [4.78, 5) is 17.3. The van der Waals surface area contributed by atoms with Crippen LogP contribution in [0.2, 0.25) is 0 Å². The number of amides is 1. The molecule has 3 rings (SSSR count). The van der Waals surface area contributed by atoms with E-state index in [9.17, 15) is 4.79 Å². The number of para-hydroxylation sites is 1. The van der Waals surface area contributed by atoms with Gasteiger partial charge in [0.2, 0.25) is 5.91 Å². The average molecular weight is 339 g/mol. The molecule has 0 radical (unpaired) electrons. The van der Waals surface area contributed by atoms with E-state index in [0.717, 1.165) is 16.5 Å². The summed E-state index contributed by atoms with van der Waals surface area (Å²) in [6.07, 6.45) is 2.31. The molecule has 0 saturated heterocycles. The van der Waals surface area contributed by atoms with Crippen LogP contribution in [0.5, 0.6) is 0 Å². The highest BCUT2D eigenvalue weighted by molar-refractivity contribution is 6.20. The first kappa shape index (κ1) is 16.5. The Balaban J connectivity index is 1.86. The molecule has 0 saturated carbocycles. The lowest BCUT2D eigenvalue weighted by molar-refractivity contribution is -0.123. The van der Waals surface area contributed by atoms with Crippen LogP contribution in [0.1, 0.15) is 12.5 Å². The molecule has 3 nitrogen and oxygen atoms in total. The van der Waals surface area contributed by atoms with Crippen molar-refractivity contribution >= 4 is 34.1 Å². The third kappa shape index (κ3) is 3.41. The zero-order chi connectivity index (χ0) is 17.0. The SMILES string of the molecule is CC(CCl)(Cc1ccccc1)C(=O)Nc1cccc2cccnc12.